The molecule has 0 saturated carbocycles. The molecule has 8 heteroatoms. The largest absolute Gasteiger partial charge is 0.493 e. The monoisotopic (exact) mass is 565 g/mol. The third kappa shape index (κ3) is 5.36. The van der Waals surface area contributed by atoms with Gasteiger partial charge in [-0.15, -0.1) is 0 Å². The van der Waals surface area contributed by atoms with Crippen LogP contribution in [0.3, 0.4) is 0 Å². The summed E-state index contributed by atoms with van der Waals surface area (Å²) in [5.74, 6) is 1.48. The number of hydrogen-bond acceptors (Lipinski definition) is 6. The second-order valence-corrected chi connectivity index (χ2v) is 9.71. The third-order valence-electron chi connectivity index (χ3n) is 4.67. The van der Waals surface area contributed by atoms with Crippen molar-refractivity contribution in [1.29, 1.82) is 0 Å². The summed E-state index contributed by atoms with van der Waals surface area (Å²) in [6.07, 6.45) is 1.89. The minimum absolute atomic E-state index is 0.0982. The minimum Gasteiger partial charge on any atom is -0.493 e. The predicted molar refractivity (Wildman–Crippen MR) is 135 cm³/mol. The fraction of sp³-hybridized carbons (Fsp3) is 0.167. The molecule has 0 spiro atoms. The highest BCUT2D eigenvalue weighted by molar-refractivity contribution is 14.1. The molecule has 0 atom stereocenters. The van der Waals surface area contributed by atoms with Crippen molar-refractivity contribution in [2.75, 3.05) is 28.3 Å². The van der Waals surface area contributed by atoms with Crippen molar-refractivity contribution in [2.24, 2.45) is 0 Å². The van der Waals surface area contributed by atoms with Gasteiger partial charge in [0.05, 0.1) is 14.2 Å². The Hall–Kier alpha value is -2.72. The van der Waals surface area contributed by atoms with Gasteiger partial charge in [0.15, 0.2) is 11.5 Å². The molecule has 0 radical (unpaired) electrons. The third-order valence-corrected chi connectivity index (χ3v) is 6.81. The van der Waals surface area contributed by atoms with E-state index >= 15 is 0 Å². The molecule has 0 aromatic heterocycles. The molecule has 0 saturated heterocycles. The molecule has 3 aromatic rings. The molecular weight excluding hydrogens is 541 g/mol. The molecule has 3 aromatic carbocycles. The first-order valence-electron chi connectivity index (χ1n) is 9.66. The first-order chi connectivity index (χ1) is 15.3. The van der Waals surface area contributed by atoms with E-state index in [1.807, 2.05) is 49.3 Å². The molecule has 0 amide bonds. The zero-order valence-electron chi connectivity index (χ0n) is 18.2. The maximum absolute atomic E-state index is 12.8. The standard InChI is InChI=1S/C24H24INO5S/c1-26(2)21(19-15-23(29-3)24(30-4)16-20(19)25)14-17-10-8-9-13-22(17)31-32(27,28)18-11-6-5-7-12-18/h5-16H,1-4H3/b21-14-. The predicted octanol–water partition coefficient (Wildman–Crippen LogP) is 5.14. The van der Waals surface area contributed by atoms with E-state index in [9.17, 15) is 8.42 Å². The van der Waals surface area contributed by atoms with E-state index in [4.69, 9.17) is 13.7 Å². The molecule has 0 fully saturated rings. The van der Waals surface area contributed by atoms with Crippen LogP contribution in [0.5, 0.6) is 17.2 Å². The summed E-state index contributed by atoms with van der Waals surface area (Å²) in [4.78, 5) is 2.05. The molecule has 32 heavy (non-hydrogen) atoms. The second-order valence-electron chi connectivity index (χ2n) is 7.00. The zero-order valence-corrected chi connectivity index (χ0v) is 21.2. The van der Waals surface area contributed by atoms with Gasteiger partial charge in [-0.1, -0.05) is 36.4 Å². The fourth-order valence-corrected chi connectivity index (χ4v) is 4.76. The molecule has 0 bridgehead atoms. The summed E-state index contributed by atoms with van der Waals surface area (Å²) >= 11 is 2.24. The number of methoxy groups -OCH3 is 2. The Bertz CT molecular complexity index is 1220. The Balaban J connectivity index is 2.09. The van der Waals surface area contributed by atoms with Crippen LogP contribution in [0.25, 0.3) is 11.8 Å². The molecule has 0 aliphatic carbocycles. The lowest BCUT2D eigenvalue weighted by molar-refractivity contribution is 0.354. The van der Waals surface area contributed by atoms with Gasteiger partial charge in [-0.2, -0.15) is 8.42 Å². The molecular formula is C24H24INO5S. The van der Waals surface area contributed by atoms with Crippen molar-refractivity contribution in [3.8, 4) is 17.2 Å². The van der Waals surface area contributed by atoms with Gasteiger partial charge in [-0.3, -0.25) is 0 Å². The van der Waals surface area contributed by atoms with Crippen LogP contribution < -0.4 is 13.7 Å². The van der Waals surface area contributed by atoms with E-state index in [-0.39, 0.29) is 10.6 Å². The van der Waals surface area contributed by atoms with E-state index in [1.165, 1.54) is 12.1 Å². The van der Waals surface area contributed by atoms with Crippen molar-refractivity contribution in [3.05, 3.63) is 81.4 Å². The molecule has 0 heterocycles. The number of para-hydroxylation sites is 1. The van der Waals surface area contributed by atoms with Gasteiger partial charge in [0.25, 0.3) is 0 Å². The molecule has 0 aliphatic heterocycles. The van der Waals surface area contributed by atoms with E-state index in [1.54, 1.807) is 44.6 Å². The first-order valence-corrected chi connectivity index (χ1v) is 12.1. The quantitative estimate of drug-likeness (QED) is 0.214. The Morgan fingerprint density at radius 2 is 1.47 bits per heavy atom. The Morgan fingerprint density at radius 3 is 2.09 bits per heavy atom. The van der Waals surface area contributed by atoms with E-state index in [0.717, 1.165) is 14.8 Å². The van der Waals surface area contributed by atoms with Gasteiger partial charge in [0.2, 0.25) is 0 Å². The summed E-state index contributed by atoms with van der Waals surface area (Å²) in [5, 5.41) is 0. The fourth-order valence-electron chi connectivity index (χ4n) is 3.07. The number of ether oxygens (including phenoxy) is 2. The van der Waals surface area contributed by atoms with Crippen LogP contribution in [0.4, 0.5) is 0 Å². The Morgan fingerprint density at radius 1 is 0.875 bits per heavy atom. The van der Waals surface area contributed by atoms with Crippen molar-refractivity contribution in [3.63, 3.8) is 0 Å². The van der Waals surface area contributed by atoms with Crippen LogP contribution in [-0.4, -0.2) is 41.6 Å². The number of rotatable bonds is 8. The number of benzene rings is 3. The van der Waals surface area contributed by atoms with E-state index in [2.05, 4.69) is 22.6 Å². The zero-order chi connectivity index (χ0) is 23.3. The Kier molecular flexibility index (Phi) is 7.68. The van der Waals surface area contributed by atoms with Gasteiger partial charge in [-0.25, -0.2) is 0 Å². The highest BCUT2D eigenvalue weighted by Gasteiger charge is 2.19. The van der Waals surface area contributed by atoms with Crippen LogP contribution in [0.15, 0.2) is 71.6 Å². The summed E-state index contributed by atoms with van der Waals surface area (Å²) in [6, 6.07) is 18.9. The average Bonchev–Trinajstić information content (AvgIpc) is 2.78. The van der Waals surface area contributed by atoms with Crippen molar-refractivity contribution in [2.45, 2.75) is 4.90 Å². The van der Waals surface area contributed by atoms with Gasteiger partial charge < -0.3 is 18.6 Å². The highest BCUT2D eigenvalue weighted by Crippen LogP contribution is 2.36. The number of hydrogen-bond donors (Lipinski definition) is 0. The summed E-state index contributed by atoms with van der Waals surface area (Å²) in [6.45, 7) is 0. The minimum atomic E-state index is -3.97. The molecule has 168 valence electrons. The van der Waals surface area contributed by atoms with Crippen LogP contribution >= 0.6 is 22.6 Å². The van der Waals surface area contributed by atoms with E-state index < -0.39 is 10.1 Å². The first kappa shape index (κ1) is 23.9. The maximum Gasteiger partial charge on any atom is 0.339 e. The number of nitrogens with zero attached hydrogens (tertiary/aromatic N) is 1. The van der Waals surface area contributed by atoms with Crippen molar-refractivity contribution < 1.29 is 22.1 Å². The highest BCUT2D eigenvalue weighted by atomic mass is 127. The summed E-state index contributed by atoms with van der Waals surface area (Å²) in [7, 11) is 3.06. The van der Waals surface area contributed by atoms with Crippen LogP contribution in [0.1, 0.15) is 11.1 Å². The van der Waals surface area contributed by atoms with Gasteiger partial charge in [-0.05, 0) is 59.0 Å². The molecule has 3 rings (SSSR count). The molecule has 0 N–H and O–H groups in total. The van der Waals surface area contributed by atoms with Crippen LogP contribution in [-0.2, 0) is 10.1 Å². The van der Waals surface area contributed by atoms with E-state index in [0.29, 0.717) is 17.1 Å². The number of halogens is 1. The van der Waals surface area contributed by atoms with Gasteiger partial charge >= 0.3 is 10.1 Å². The average molecular weight is 565 g/mol. The lowest BCUT2D eigenvalue weighted by Gasteiger charge is -2.21. The van der Waals surface area contributed by atoms with Crippen molar-refractivity contribution in [1.82, 2.24) is 4.90 Å². The van der Waals surface area contributed by atoms with Crippen LogP contribution in [0, 0.1) is 3.57 Å². The molecule has 0 unspecified atom stereocenters. The van der Waals surface area contributed by atoms with Crippen LogP contribution in [0.2, 0.25) is 0 Å². The summed E-state index contributed by atoms with van der Waals surface area (Å²) < 4.78 is 42.9. The lowest BCUT2D eigenvalue weighted by Crippen LogP contribution is -2.12. The smallest absolute Gasteiger partial charge is 0.339 e. The summed E-state index contributed by atoms with van der Waals surface area (Å²) in [5.41, 5.74) is 2.39. The SMILES string of the molecule is COc1cc(I)c(/C(=C/c2ccccc2OS(=O)(=O)c2ccccc2)N(C)C)cc1OC. The molecule has 6 nitrogen and oxygen atoms in total. The van der Waals surface area contributed by atoms with Crippen molar-refractivity contribution >= 4 is 44.5 Å². The van der Waals surface area contributed by atoms with Gasteiger partial charge in [0, 0.05) is 34.5 Å². The topological polar surface area (TPSA) is 65.1 Å². The maximum atomic E-state index is 12.8. The molecule has 0 aliphatic rings. The Labute approximate surface area is 202 Å². The second kappa shape index (κ2) is 10.3. The lowest BCUT2D eigenvalue weighted by atomic mass is 10.1. The van der Waals surface area contributed by atoms with Gasteiger partial charge in [0.1, 0.15) is 10.6 Å². The normalized spacial score (nSPS) is 11.7.